The quantitative estimate of drug-likeness (QED) is 0.305. The maximum absolute atomic E-state index is 11.9. The van der Waals surface area contributed by atoms with Crippen LogP contribution in [0, 0.1) is 0 Å². The van der Waals surface area contributed by atoms with Crippen molar-refractivity contribution in [1.29, 1.82) is 0 Å². The largest absolute Gasteiger partial charge is 0.423 e. The van der Waals surface area contributed by atoms with Gasteiger partial charge >= 0.3 is 5.97 Å². The monoisotopic (exact) mass is 333 g/mol. The summed E-state index contributed by atoms with van der Waals surface area (Å²) >= 11 is 3.30. The van der Waals surface area contributed by atoms with Gasteiger partial charge in [0.1, 0.15) is 5.75 Å². The van der Waals surface area contributed by atoms with Crippen LogP contribution in [0.2, 0.25) is 0 Å². The Morgan fingerprint density at radius 2 is 1.85 bits per heavy atom. The van der Waals surface area contributed by atoms with Crippen molar-refractivity contribution < 1.29 is 14.7 Å². The molecule has 0 aliphatic heterocycles. The maximum Gasteiger partial charge on any atom is 0.343 e. The van der Waals surface area contributed by atoms with Gasteiger partial charge in [0.2, 0.25) is 0 Å². The molecule has 0 atom stereocenters. The van der Waals surface area contributed by atoms with Gasteiger partial charge in [-0.1, -0.05) is 27.2 Å². The molecule has 1 N–H and O–H groups in total. The van der Waals surface area contributed by atoms with Crippen molar-refractivity contribution in [3.63, 3.8) is 0 Å². The van der Waals surface area contributed by atoms with E-state index in [0.717, 1.165) is 10.0 Å². The molecule has 0 aliphatic carbocycles. The van der Waals surface area contributed by atoms with Crippen LogP contribution in [0.25, 0.3) is 0 Å². The van der Waals surface area contributed by atoms with E-state index < -0.39 is 5.97 Å². The number of nitrogens with zero attached hydrogens (tertiary/aromatic N) is 1. The van der Waals surface area contributed by atoms with Gasteiger partial charge in [-0.2, -0.15) is 0 Å². The molecule has 0 aromatic heterocycles. The summed E-state index contributed by atoms with van der Waals surface area (Å²) in [6, 6.07) is 13.7. The standard InChI is InChI=1S/C15H12BrNO3/c1-10(17-19)11-5-7-14(8-6-11)20-15(18)12-3-2-4-13(16)9-12/h2-9,19H,1H3/b17-10-. The number of carbonyl (C=O) groups excluding carboxylic acids is 1. The summed E-state index contributed by atoms with van der Waals surface area (Å²) in [5, 5.41) is 11.8. The second-order valence-corrected chi connectivity index (χ2v) is 5.03. The maximum atomic E-state index is 11.9. The van der Waals surface area contributed by atoms with Gasteiger partial charge in [-0.15, -0.1) is 0 Å². The van der Waals surface area contributed by atoms with Crippen molar-refractivity contribution >= 4 is 27.6 Å². The van der Waals surface area contributed by atoms with Crippen LogP contribution in [-0.4, -0.2) is 16.9 Å². The third-order valence-electron chi connectivity index (χ3n) is 2.69. The first-order chi connectivity index (χ1) is 9.60. The molecule has 0 fully saturated rings. The molecule has 0 saturated heterocycles. The van der Waals surface area contributed by atoms with Crippen LogP contribution in [0.1, 0.15) is 22.8 Å². The van der Waals surface area contributed by atoms with Crippen LogP contribution in [0.3, 0.4) is 0 Å². The molecule has 0 amide bonds. The van der Waals surface area contributed by atoms with Gasteiger partial charge in [0.25, 0.3) is 0 Å². The van der Waals surface area contributed by atoms with Crippen molar-refractivity contribution in [3.8, 4) is 5.75 Å². The number of oxime groups is 1. The Labute approximate surface area is 124 Å². The Morgan fingerprint density at radius 1 is 1.15 bits per heavy atom. The van der Waals surface area contributed by atoms with Gasteiger partial charge in [-0.3, -0.25) is 0 Å². The fraction of sp³-hybridized carbons (Fsp3) is 0.0667. The molecule has 5 heteroatoms. The third kappa shape index (κ3) is 3.45. The molecule has 0 saturated carbocycles. The average Bonchev–Trinajstić information content (AvgIpc) is 2.47. The highest BCUT2D eigenvalue weighted by molar-refractivity contribution is 9.10. The number of ether oxygens (including phenoxy) is 1. The minimum absolute atomic E-state index is 0.424. The van der Waals surface area contributed by atoms with E-state index in [1.54, 1.807) is 49.4 Å². The lowest BCUT2D eigenvalue weighted by Gasteiger charge is -2.05. The zero-order valence-electron chi connectivity index (χ0n) is 10.7. The molecule has 0 radical (unpaired) electrons. The van der Waals surface area contributed by atoms with E-state index in [4.69, 9.17) is 9.94 Å². The highest BCUT2D eigenvalue weighted by atomic mass is 79.9. The van der Waals surface area contributed by atoms with Crippen LogP contribution < -0.4 is 4.74 Å². The number of rotatable bonds is 3. The summed E-state index contributed by atoms with van der Waals surface area (Å²) in [5.41, 5.74) is 1.72. The van der Waals surface area contributed by atoms with Gasteiger partial charge in [0.05, 0.1) is 11.3 Å². The molecule has 0 bridgehead atoms. The lowest BCUT2D eigenvalue weighted by atomic mass is 10.1. The SMILES string of the molecule is C/C(=N/O)c1ccc(OC(=O)c2cccc(Br)c2)cc1. The van der Waals surface area contributed by atoms with Gasteiger partial charge in [0, 0.05) is 4.47 Å². The first kappa shape index (κ1) is 14.3. The Balaban J connectivity index is 2.12. The Hall–Kier alpha value is -2.14. The van der Waals surface area contributed by atoms with Gasteiger partial charge < -0.3 is 9.94 Å². The van der Waals surface area contributed by atoms with E-state index >= 15 is 0 Å². The fourth-order valence-corrected chi connectivity index (χ4v) is 2.00. The summed E-state index contributed by atoms with van der Waals surface area (Å²) in [7, 11) is 0. The summed E-state index contributed by atoms with van der Waals surface area (Å²) in [6.45, 7) is 1.68. The molecule has 2 aromatic carbocycles. The number of halogens is 1. The fourth-order valence-electron chi connectivity index (χ4n) is 1.60. The van der Waals surface area contributed by atoms with Crippen LogP contribution in [-0.2, 0) is 0 Å². The van der Waals surface area contributed by atoms with Gasteiger partial charge in [-0.25, -0.2) is 4.79 Å². The highest BCUT2D eigenvalue weighted by Crippen LogP contribution is 2.17. The van der Waals surface area contributed by atoms with Crippen molar-refractivity contribution in [1.82, 2.24) is 0 Å². The molecular formula is C15H12BrNO3. The molecule has 2 rings (SSSR count). The van der Waals surface area contributed by atoms with Crippen molar-refractivity contribution in [2.75, 3.05) is 0 Å². The second kappa shape index (κ2) is 6.34. The van der Waals surface area contributed by atoms with Crippen LogP contribution in [0.5, 0.6) is 5.75 Å². The topological polar surface area (TPSA) is 58.9 Å². The molecule has 0 aliphatic rings. The van der Waals surface area contributed by atoms with Gasteiger partial charge in [-0.05, 0) is 55.0 Å². The predicted octanol–water partition coefficient (Wildman–Crippen LogP) is 3.87. The average molecular weight is 334 g/mol. The molecule has 102 valence electrons. The molecule has 0 heterocycles. The lowest BCUT2D eigenvalue weighted by Crippen LogP contribution is -2.08. The van der Waals surface area contributed by atoms with E-state index in [9.17, 15) is 4.79 Å². The summed E-state index contributed by atoms with van der Waals surface area (Å²) < 4.78 is 6.08. The number of hydrogen-bond donors (Lipinski definition) is 1. The molecule has 4 nitrogen and oxygen atoms in total. The molecule has 0 unspecified atom stereocenters. The van der Waals surface area contributed by atoms with Crippen molar-refractivity contribution in [2.45, 2.75) is 6.92 Å². The Kier molecular flexibility index (Phi) is 4.53. The Bertz CT molecular complexity index is 650. The Morgan fingerprint density at radius 3 is 2.45 bits per heavy atom. The number of benzene rings is 2. The molecule has 2 aromatic rings. The van der Waals surface area contributed by atoms with E-state index in [1.165, 1.54) is 0 Å². The first-order valence-electron chi connectivity index (χ1n) is 5.87. The first-order valence-corrected chi connectivity index (χ1v) is 6.66. The normalized spacial score (nSPS) is 11.2. The minimum atomic E-state index is -0.424. The van der Waals surface area contributed by atoms with Crippen molar-refractivity contribution in [3.05, 3.63) is 64.1 Å². The van der Waals surface area contributed by atoms with E-state index in [1.807, 2.05) is 6.07 Å². The van der Waals surface area contributed by atoms with Crippen molar-refractivity contribution in [2.24, 2.45) is 5.16 Å². The minimum Gasteiger partial charge on any atom is -0.423 e. The number of esters is 1. The van der Waals surface area contributed by atoms with E-state index in [0.29, 0.717) is 17.0 Å². The smallest absolute Gasteiger partial charge is 0.343 e. The highest BCUT2D eigenvalue weighted by Gasteiger charge is 2.09. The summed E-state index contributed by atoms with van der Waals surface area (Å²) in [6.07, 6.45) is 0. The zero-order valence-corrected chi connectivity index (χ0v) is 12.3. The predicted molar refractivity (Wildman–Crippen MR) is 79.5 cm³/mol. The second-order valence-electron chi connectivity index (χ2n) is 4.11. The van der Waals surface area contributed by atoms with E-state index in [-0.39, 0.29) is 0 Å². The zero-order chi connectivity index (χ0) is 14.5. The van der Waals surface area contributed by atoms with Crippen LogP contribution in [0.15, 0.2) is 58.2 Å². The third-order valence-corrected chi connectivity index (χ3v) is 3.19. The van der Waals surface area contributed by atoms with Crippen LogP contribution >= 0.6 is 15.9 Å². The van der Waals surface area contributed by atoms with E-state index in [2.05, 4.69) is 21.1 Å². The molecular weight excluding hydrogens is 322 g/mol. The lowest BCUT2D eigenvalue weighted by molar-refractivity contribution is 0.0734. The molecule has 20 heavy (non-hydrogen) atoms. The van der Waals surface area contributed by atoms with Crippen LogP contribution in [0.4, 0.5) is 0 Å². The number of hydrogen-bond acceptors (Lipinski definition) is 4. The summed E-state index contributed by atoms with van der Waals surface area (Å²) in [5.74, 6) is 0.0102. The molecule has 0 spiro atoms. The summed E-state index contributed by atoms with van der Waals surface area (Å²) in [4.78, 5) is 11.9. The number of carbonyl (C=O) groups is 1. The van der Waals surface area contributed by atoms with Gasteiger partial charge in [0.15, 0.2) is 0 Å².